The fraction of sp³-hybridized carbons (Fsp3) is 0.438. The van der Waals surface area contributed by atoms with Gasteiger partial charge in [0.05, 0.1) is 5.37 Å². The Hall–Kier alpha value is -2.26. The number of hydrogen-bond donors (Lipinski definition) is 5. The normalized spacial score (nSPS) is 31.3. The molecular formula is C16H19N3O5S. The summed E-state index contributed by atoms with van der Waals surface area (Å²) in [7, 11) is 0. The highest BCUT2D eigenvalue weighted by atomic mass is 32.2. The maximum absolute atomic E-state index is 12.5. The average Bonchev–Trinajstić information content (AvgIpc) is 2.85. The molecule has 2 aliphatic heterocycles. The van der Waals surface area contributed by atoms with Gasteiger partial charge >= 0.3 is 5.97 Å². The molecule has 0 radical (unpaired) electrons. The van der Waals surface area contributed by atoms with Crippen molar-refractivity contribution in [2.24, 2.45) is 0 Å². The summed E-state index contributed by atoms with van der Waals surface area (Å²) in [6.45, 7) is 3.57. The zero-order valence-electron chi connectivity index (χ0n) is 13.6. The van der Waals surface area contributed by atoms with Crippen LogP contribution in [0.5, 0.6) is 5.75 Å². The summed E-state index contributed by atoms with van der Waals surface area (Å²) in [5, 5.41) is 26.4. The fourth-order valence-corrected chi connectivity index (χ4v) is 4.53. The highest BCUT2D eigenvalue weighted by Gasteiger charge is 2.50. The lowest BCUT2D eigenvalue weighted by atomic mass is 10.0. The van der Waals surface area contributed by atoms with E-state index in [2.05, 4.69) is 16.0 Å². The van der Waals surface area contributed by atoms with Crippen LogP contribution in [-0.2, 0) is 14.4 Å². The molecule has 134 valence electrons. The van der Waals surface area contributed by atoms with E-state index in [1.807, 2.05) is 0 Å². The Labute approximate surface area is 148 Å². The molecule has 0 aliphatic carbocycles. The number of phenols is 1. The average molecular weight is 365 g/mol. The fourth-order valence-electron chi connectivity index (χ4n) is 3.04. The number of aromatic hydroxyl groups is 1. The Balaban J connectivity index is 1.75. The van der Waals surface area contributed by atoms with E-state index in [4.69, 9.17) is 0 Å². The highest BCUT2D eigenvalue weighted by Crippen LogP contribution is 2.39. The lowest BCUT2D eigenvalue weighted by Crippen LogP contribution is -2.63. The predicted molar refractivity (Wildman–Crippen MR) is 90.9 cm³/mol. The molecule has 2 saturated heterocycles. The van der Waals surface area contributed by atoms with Crippen LogP contribution in [0.25, 0.3) is 0 Å². The smallest absolute Gasteiger partial charge is 0.322 e. The summed E-state index contributed by atoms with van der Waals surface area (Å²) >= 11 is 1.32. The Morgan fingerprint density at radius 2 is 1.76 bits per heavy atom. The largest absolute Gasteiger partial charge is 0.508 e. The van der Waals surface area contributed by atoms with Gasteiger partial charge in [-0.2, -0.15) is 0 Å². The summed E-state index contributed by atoms with van der Waals surface area (Å²) in [6, 6.07) is 3.47. The molecule has 2 aliphatic rings. The third kappa shape index (κ3) is 3.29. The molecule has 0 aromatic heterocycles. The monoisotopic (exact) mass is 365 g/mol. The molecule has 8 nitrogen and oxygen atoms in total. The van der Waals surface area contributed by atoms with Crippen molar-refractivity contribution in [2.45, 2.75) is 42.1 Å². The summed E-state index contributed by atoms with van der Waals surface area (Å²) in [4.78, 5) is 36.3. The highest BCUT2D eigenvalue weighted by molar-refractivity contribution is 8.01. The van der Waals surface area contributed by atoms with Gasteiger partial charge in [-0.25, -0.2) is 0 Å². The van der Waals surface area contributed by atoms with Gasteiger partial charge in [-0.1, -0.05) is 12.1 Å². The number of thioether (sulfide) groups is 1. The van der Waals surface area contributed by atoms with E-state index < -0.39 is 34.2 Å². The van der Waals surface area contributed by atoms with E-state index in [1.165, 1.54) is 23.9 Å². The van der Waals surface area contributed by atoms with Crippen molar-refractivity contribution in [3.8, 4) is 5.75 Å². The Bertz CT molecular complexity index is 721. The number of hydrogen-bond acceptors (Lipinski definition) is 6. The van der Waals surface area contributed by atoms with Gasteiger partial charge in [-0.05, 0) is 31.5 Å². The van der Waals surface area contributed by atoms with Gasteiger partial charge in [-0.15, -0.1) is 11.8 Å². The standard InChI is InChI=1S/C16H19N3O5S/c1-16(2)11(15(23)24)19-14(25-16)10-13(22)17-9(12(21)18-10)7-3-5-8(20)6-4-7/h3-6,9-11,14,19-20H,1-2H3,(H,17,22)(H,18,21)(H,23,24)/t9-,10+,11-,14+/m1/s1. The molecule has 0 saturated carbocycles. The Morgan fingerprint density at radius 3 is 2.32 bits per heavy atom. The quantitative estimate of drug-likeness (QED) is 0.508. The molecule has 2 fully saturated rings. The number of phenolic OH excluding ortho intramolecular Hbond substituents is 1. The van der Waals surface area contributed by atoms with Crippen molar-refractivity contribution < 1.29 is 24.6 Å². The van der Waals surface area contributed by atoms with Crippen molar-refractivity contribution in [2.75, 3.05) is 0 Å². The summed E-state index contributed by atoms with van der Waals surface area (Å²) in [5.74, 6) is -1.69. The zero-order valence-corrected chi connectivity index (χ0v) is 14.5. The van der Waals surface area contributed by atoms with Crippen LogP contribution in [0.4, 0.5) is 0 Å². The molecule has 2 heterocycles. The molecule has 0 unspecified atom stereocenters. The van der Waals surface area contributed by atoms with Crippen molar-refractivity contribution in [1.82, 2.24) is 16.0 Å². The molecule has 1 aromatic rings. The number of carbonyl (C=O) groups excluding carboxylic acids is 2. The maximum atomic E-state index is 12.5. The first-order valence-corrected chi connectivity index (χ1v) is 8.63. The number of nitrogens with one attached hydrogen (secondary N) is 3. The van der Waals surface area contributed by atoms with Crippen LogP contribution in [0, 0.1) is 0 Å². The van der Waals surface area contributed by atoms with Crippen molar-refractivity contribution in [3.05, 3.63) is 29.8 Å². The van der Waals surface area contributed by atoms with E-state index in [0.29, 0.717) is 5.56 Å². The second-order valence-electron chi connectivity index (χ2n) is 6.60. The third-order valence-electron chi connectivity index (χ3n) is 4.36. The topological polar surface area (TPSA) is 128 Å². The first-order valence-electron chi connectivity index (χ1n) is 7.75. The van der Waals surface area contributed by atoms with Crippen LogP contribution in [0.2, 0.25) is 0 Å². The molecule has 4 atom stereocenters. The van der Waals surface area contributed by atoms with Gasteiger partial charge in [0.1, 0.15) is 23.9 Å². The lowest BCUT2D eigenvalue weighted by molar-refractivity contribution is -0.140. The number of piperazine rings is 1. The van der Waals surface area contributed by atoms with Gasteiger partial charge < -0.3 is 20.8 Å². The van der Waals surface area contributed by atoms with Gasteiger partial charge in [-0.3, -0.25) is 19.7 Å². The number of rotatable bonds is 3. The van der Waals surface area contributed by atoms with E-state index in [0.717, 1.165) is 0 Å². The van der Waals surface area contributed by atoms with Crippen molar-refractivity contribution in [3.63, 3.8) is 0 Å². The first kappa shape index (κ1) is 17.6. The van der Waals surface area contributed by atoms with Crippen molar-refractivity contribution >= 4 is 29.5 Å². The number of amides is 2. The molecule has 9 heteroatoms. The lowest BCUT2D eigenvalue weighted by Gasteiger charge is -2.32. The number of aliphatic carboxylic acids is 1. The molecule has 0 bridgehead atoms. The van der Waals surface area contributed by atoms with Crippen LogP contribution in [0.3, 0.4) is 0 Å². The van der Waals surface area contributed by atoms with Crippen molar-refractivity contribution in [1.29, 1.82) is 0 Å². The minimum atomic E-state index is -0.996. The predicted octanol–water partition coefficient (Wildman–Crippen LogP) is -0.0578. The third-order valence-corrected chi connectivity index (χ3v) is 5.87. The molecule has 1 aromatic carbocycles. The van der Waals surface area contributed by atoms with Crippen LogP contribution in [-0.4, -0.2) is 50.2 Å². The van der Waals surface area contributed by atoms with Gasteiger partial charge in [0.2, 0.25) is 11.8 Å². The summed E-state index contributed by atoms with van der Waals surface area (Å²) in [6.07, 6.45) is 0. The SMILES string of the molecule is CC1(C)S[C@@H]([C@H]2NC(=O)[C@@H](c3ccc(O)cc3)NC2=O)N[C@@H]1C(=O)O. The van der Waals surface area contributed by atoms with E-state index in [1.54, 1.807) is 26.0 Å². The molecule has 5 N–H and O–H groups in total. The minimum absolute atomic E-state index is 0.0673. The molecule has 2 amide bonds. The second kappa shape index (κ2) is 6.23. The molecular weight excluding hydrogens is 346 g/mol. The Kier molecular flexibility index (Phi) is 4.38. The summed E-state index contributed by atoms with van der Waals surface area (Å²) < 4.78 is -0.616. The Morgan fingerprint density at radius 1 is 1.12 bits per heavy atom. The molecule has 3 rings (SSSR count). The van der Waals surface area contributed by atoms with E-state index in [-0.39, 0.29) is 17.6 Å². The van der Waals surface area contributed by atoms with Gasteiger partial charge in [0, 0.05) is 4.75 Å². The summed E-state index contributed by atoms with van der Waals surface area (Å²) in [5.41, 5.74) is 0.554. The molecule has 25 heavy (non-hydrogen) atoms. The van der Waals surface area contributed by atoms with E-state index >= 15 is 0 Å². The number of carbonyl (C=O) groups is 3. The molecule has 0 spiro atoms. The number of carboxylic acid groups (broad SMARTS) is 1. The number of benzene rings is 1. The maximum Gasteiger partial charge on any atom is 0.322 e. The minimum Gasteiger partial charge on any atom is -0.508 e. The zero-order chi connectivity index (χ0) is 18.4. The van der Waals surface area contributed by atoms with Crippen LogP contribution in [0.1, 0.15) is 25.5 Å². The van der Waals surface area contributed by atoms with Crippen LogP contribution >= 0.6 is 11.8 Å². The van der Waals surface area contributed by atoms with Gasteiger partial charge in [0.15, 0.2) is 0 Å². The first-order chi connectivity index (χ1) is 11.7. The van der Waals surface area contributed by atoms with Gasteiger partial charge in [0.25, 0.3) is 0 Å². The number of carboxylic acids is 1. The second-order valence-corrected chi connectivity index (χ2v) is 8.39. The van der Waals surface area contributed by atoms with E-state index in [9.17, 15) is 24.6 Å². The van der Waals surface area contributed by atoms with Crippen LogP contribution in [0.15, 0.2) is 24.3 Å². The van der Waals surface area contributed by atoms with Crippen LogP contribution < -0.4 is 16.0 Å².